The van der Waals surface area contributed by atoms with Crippen molar-refractivity contribution in [1.29, 1.82) is 0 Å². The molecule has 1 aromatic carbocycles. The van der Waals surface area contributed by atoms with Gasteiger partial charge in [-0.3, -0.25) is 0 Å². The lowest BCUT2D eigenvalue weighted by Crippen LogP contribution is -2.61. The molecular formula is C20H27N3O4S2. The van der Waals surface area contributed by atoms with Crippen molar-refractivity contribution in [3.63, 3.8) is 0 Å². The number of likely N-dealkylation sites (tertiary alicyclic amines) is 1. The number of carbonyl (C=O) groups excluding carboxylic acids is 1. The second-order valence-corrected chi connectivity index (χ2v) is 12.0. The van der Waals surface area contributed by atoms with Gasteiger partial charge in [0.1, 0.15) is 10.9 Å². The molecule has 1 aromatic heterocycles. The molecule has 2 aliphatic heterocycles. The number of amides is 1. The van der Waals surface area contributed by atoms with Crippen LogP contribution in [0.3, 0.4) is 0 Å². The lowest BCUT2D eigenvalue weighted by atomic mass is 9.99. The average molecular weight is 438 g/mol. The third-order valence-corrected chi connectivity index (χ3v) is 8.82. The lowest BCUT2D eigenvalue weighted by Gasteiger charge is -2.42. The fourth-order valence-corrected chi connectivity index (χ4v) is 6.75. The van der Waals surface area contributed by atoms with E-state index in [2.05, 4.69) is 6.07 Å². The lowest BCUT2D eigenvalue weighted by molar-refractivity contribution is 0.0135. The highest BCUT2D eigenvalue weighted by Gasteiger charge is 2.45. The highest BCUT2D eigenvalue weighted by atomic mass is 32.2. The molecule has 0 atom stereocenters. The molecule has 4 rings (SSSR count). The molecule has 7 nitrogen and oxygen atoms in total. The van der Waals surface area contributed by atoms with Crippen LogP contribution in [0, 0.1) is 0 Å². The molecule has 0 spiro atoms. The van der Waals surface area contributed by atoms with Crippen LogP contribution in [0.5, 0.6) is 0 Å². The minimum absolute atomic E-state index is 0.203. The molecule has 0 bridgehead atoms. The van der Waals surface area contributed by atoms with Crippen molar-refractivity contribution in [2.75, 3.05) is 26.2 Å². The molecule has 1 amide bonds. The molecule has 0 saturated carbocycles. The molecule has 2 saturated heterocycles. The van der Waals surface area contributed by atoms with Gasteiger partial charge in [0.25, 0.3) is 0 Å². The van der Waals surface area contributed by atoms with Crippen LogP contribution in [0.25, 0.3) is 10.2 Å². The van der Waals surface area contributed by atoms with Gasteiger partial charge in [0, 0.05) is 32.1 Å². The molecular weight excluding hydrogens is 410 g/mol. The fourth-order valence-electron chi connectivity index (χ4n) is 3.73. The van der Waals surface area contributed by atoms with E-state index >= 15 is 0 Å². The largest absolute Gasteiger partial charge is 0.444 e. The Balaban J connectivity index is 1.33. The SMILES string of the molecule is CC(C)(C)OC(=O)N1CC(S(=O)(=O)N2CCC(c3nc4ccccc4s3)CC2)C1. The minimum Gasteiger partial charge on any atom is -0.444 e. The van der Waals surface area contributed by atoms with Crippen LogP contribution in [0.1, 0.15) is 44.5 Å². The second-order valence-electron chi connectivity index (χ2n) is 8.75. The van der Waals surface area contributed by atoms with Crippen LogP contribution in [0.15, 0.2) is 24.3 Å². The standard InChI is InChI=1S/C20H27N3O4S2/c1-20(2,3)27-19(24)22-12-15(13-22)29(25,26)23-10-8-14(9-11-23)18-21-16-6-4-5-7-17(16)28-18/h4-7,14-15H,8-13H2,1-3H3. The first-order valence-corrected chi connectivity index (χ1v) is 12.3. The predicted octanol–water partition coefficient (Wildman–Crippen LogP) is 3.42. The Morgan fingerprint density at radius 1 is 1.17 bits per heavy atom. The van der Waals surface area contributed by atoms with Gasteiger partial charge in [-0.05, 0) is 45.7 Å². The molecule has 3 heterocycles. The topological polar surface area (TPSA) is 79.8 Å². The molecule has 0 radical (unpaired) electrons. The van der Waals surface area contributed by atoms with Gasteiger partial charge in [-0.1, -0.05) is 12.1 Å². The summed E-state index contributed by atoms with van der Waals surface area (Å²) in [7, 11) is -3.40. The van der Waals surface area contributed by atoms with Crippen molar-refractivity contribution in [2.45, 2.75) is 50.4 Å². The number of thiazole rings is 1. The average Bonchev–Trinajstić information content (AvgIpc) is 3.03. The number of hydrogen-bond donors (Lipinski definition) is 0. The number of hydrogen-bond acceptors (Lipinski definition) is 6. The predicted molar refractivity (Wildman–Crippen MR) is 114 cm³/mol. The van der Waals surface area contributed by atoms with Crippen LogP contribution in [0.2, 0.25) is 0 Å². The van der Waals surface area contributed by atoms with Crippen molar-refractivity contribution in [3.8, 4) is 0 Å². The zero-order valence-electron chi connectivity index (χ0n) is 17.0. The van der Waals surface area contributed by atoms with Crippen LogP contribution < -0.4 is 0 Å². The van der Waals surface area contributed by atoms with E-state index in [0.29, 0.717) is 19.0 Å². The third kappa shape index (κ3) is 4.27. The maximum atomic E-state index is 12.9. The van der Waals surface area contributed by atoms with Gasteiger partial charge in [-0.25, -0.2) is 22.5 Å². The van der Waals surface area contributed by atoms with Gasteiger partial charge in [0.05, 0.1) is 15.2 Å². The van der Waals surface area contributed by atoms with Crippen LogP contribution in [-0.4, -0.2) is 65.7 Å². The van der Waals surface area contributed by atoms with Gasteiger partial charge >= 0.3 is 6.09 Å². The normalized spacial score (nSPS) is 20.0. The Hall–Kier alpha value is -1.71. The Labute approximate surface area is 175 Å². The van der Waals surface area contributed by atoms with E-state index in [1.54, 1.807) is 36.4 Å². The number of nitrogens with zero attached hydrogens (tertiary/aromatic N) is 3. The summed E-state index contributed by atoms with van der Waals surface area (Å²) in [6.45, 7) is 6.82. The molecule has 158 valence electrons. The van der Waals surface area contributed by atoms with Gasteiger partial charge in [-0.15, -0.1) is 11.3 Å². The van der Waals surface area contributed by atoms with E-state index in [1.165, 1.54) is 9.60 Å². The zero-order chi connectivity index (χ0) is 20.8. The van der Waals surface area contributed by atoms with E-state index in [4.69, 9.17) is 9.72 Å². The maximum absolute atomic E-state index is 12.9. The summed E-state index contributed by atoms with van der Waals surface area (Å²) in [5.74, 6) is 0.304. The van der Waals surface area contributed by atoms with Gasteiger partial charge < -0.3 is 9.64 Å². The highest BCUT2D eigenvalue weighted by Crippen LogP contribution is 2.35. The first-order chi connectivity index (χ1) is 13.6. The Morgan fingerprint density at radius 2 is 1.83 bits per heavy atom. The molecule has 29 heavy (non-hydrogen) atoms. The molecule has 9 heteroatoms. The quantitative estimate of drug-likeness (QED) is 0.735. The van der Waals surface area contributed by atoms with Crippen LogP contribution in [-0.2, 0) is 14.8 Å². The monoisotopic (exact) mass is 437 g/mol. The summed E-state index contributed by atoms with van der Waals surface area (Å²) in [5.41, 5.74) is 0.433. The number of fused-ring (bicyclic) bond motifs is 1. The number of para-hydroxylation sites is 1. The maximum Gasteiger partial charge on any atom is 0.410 e. The molecule has 0 unspecified atom stereocenters. The van der Waals surface area contributed by atoms with E-state index in [1.807, 2.05) is 18.2 Å². The number of aromatic nitrogens is 1. The summed E-state index contributed by atoms with van der Waals surface area (Å²) >= 11 is 1.71. The number of benzene rings is 1. The number of piperidine rings is 1. The molecule has 0 N–H and O–H groups in total. The Kier molecular flexibility index (Phi) is 5.33. The van der Waals surface area contributed by atoms with Crippen molar-refractivity contribution in [2.24, 2.45) is 0 Å². The molecule has 2 aliphatic rings. The number of rotatable bonds is 3. The summed E-state index contributed by atoms with van der Waals surface area (Å²) in [6.07, 6.45) is 1.11. The van der Waals surface area contributed by atoms with E-state index in [9.17, 15) is 13.2 Å². The number of sulfonamides is 1. The van der Waals surface area contributed by atoms with Crippen molar-refractivity contribution in [3.05, 3.63) is 29.3 Å². The van der Waals surface area contributed by atoms with E-state index < -0.39 is 27.0 Å². The van der Waals surface area contributed by atoms with Crippen molar-refractivity contribution < 1.29 is 17.9 Å². The molecule has 0 aliphatic carbocycles. The fraction of sp³-hybridized carbons (Fsp3) is 0.600. The van der Waals surface area contributed by atoms with Gasteiger partial charge in [0.2, 0.25) is 10.0 Å². The Morgan fingerprint density at radius 3 is 2.45 bits per heavy atom. The first kappa shape index (κ1) is 20.6. The minimum atomic E-state index is -3.40. The number of carbonyl (C=O) groups is 1. The van der Waals surface area contributed by atoms with E-state index in [-0.39, 0.29) is 13.1 Å². The Bertz CT molecular complexity index is 965. The van der Waals surface area contributed by atoms with Crippen LogP contribution in [0.4, 0.5) is 4.79 Å². The summed E-state index contributed by atoms with van der Waals surface area (Å²) in [6, 6.07) is 8.09. The second kappa shape index (κ2) is 7.52. The van der Waals surface area contributed by atoms with E-state index in [0.717, 1.165) is 23.4 Å². The molecule has 2 aromatic rings. The third-order valence-electron chi connectivity index (χ3n) is 5.39. The smallest absolute Gasteiger partial charge is 0.410 e. The summed E-state index contributed by atoms with van der Waals surface area (Å²) < 4.78 is 34.0. The zero-order valence-corrected chi connectivity index (χ0v) is 18.6. The van der Waals surface area contributed by atoms with Gasteiger partial charge in [-0.2, -0.15) is 0 Å². The van der Waals surface area contributed by atoms with Crippen molar-refractivity contribution in [1.82, 2.24) is 14.2 Å². The highest BCUT2D eigenvalue weighted by molar-refractivity contribution is 7.89. The van der Waals surface area contributed by atoms with Gasteiger partial charge in [0.15, 0.2) is 0 Å². The molecule has 2 fully saturated rings. The summed E-state index contributed by atoms with van der Waals surface area (Å²) in [4.78, 5) is 18.2. The van der Waals surface area contributed by atoms with Crippen molar-refractivity contribution >= 4 is 37.7 Å². The van der Waals surface area contributed by atoms with Crippen LogP contribution >= 0.6 is 11.3 Å². The first-order valence-electron chi connectivity index (χ1n) is 9.96. The summed E-state index contributed by atoms with van der Waals surface area (Å²) in [5, 5.41) is 0.567. The number of ether oxygens (including phenoxy) is 1.